The first-order valence-corrected chi connectivity index (χ1v) is 13.1. The number of fused-ring (bicyclic) bond motifs is 5. The van der Waals surface area contributed by atoms with Crippen LogP contribution in [0.1, 0.15) is 25.0 Å². The SMILES string of the molecule is CC1(C)c2ccccc2-c2cc3c(cc21)N(c1nccc(-c2ccccc2)n1)c1cccc2cccc-3c12. The van der Waals surface area contributed by atoms with Crippen molar-refractivity contribution in [2.24, 2.45) is 0 Å². The molecule has 0 amide bonds. The van der Waals surface area contributed by atoms with E-state index in [0.29, 0.717) is 5.95 Å². The first-order valence-electron chi connectivity index (χ1n) is 13.1. The summed E-state index contributed by atoms with van der Waals surface area (Å²) >= 11 is 0. The maximum Gasteiger partial charge on any atom is 0.235 e. The van der Waals surface area contributed by atoms with Gasteiger partial charge in [0.1, 0.15) is 0 Å². The number of aromatic nitrogens is 2. The minimum Gasteiger partial charge on any atom is -0.278 e. The molecule has 0 saturated carbocycles. The molecule has 2 heterocycles. The summed E-state index contributed by atoms with van der Waals surface area (Å²) in [7, 11) is 0. The van der Waals surface area contributed by atoms with Crippen molar-refractivity contribution in [3.63, 3.8) is 0 Å². The lowest BCUT2D eigenvalue weighted by Gasteiger charge is -2.33. The van der Waals surface area contributed by atoms with Gasteiger partial charge in [-0.1, -0.05) is 98.8 Å². The van der Waals surface area contributed by atoms with Crippen molar-refractivity contribution in [1.29, 1.82) is 0 Å². The van der Waals surface area contributed by atoms with Crippen LogP contribution in [-0.4, -0.2) is 9.97 Å². The zero-order valence-electron chi connectivity index (χ0n) is 21.3. The Morgan fingerprint density at radius 3 is 2.24 bits per heavy atom. The molecule has 0 radical (unpaired) electrons. The molecule has 3 heteroatoms. The Morgan fingerprint density at radius 1 is 0.605 bits per heavy atom. The van der Waals surface area contributed by atoms with Crippen molar-refractivity contribution in [2.45, 2.75) is 19.3 Å². The van der Waals surface area contributed by atoms with E-state index in [-0.39, 0.29) is 5.41 Å². The van der Waals surface area contributed by atoms with Crippen molar-refractivity contribution in [1.82, 2.24) is 9.97 Å². The lowest BCUT2D eigenvalue weighted by molar-refractivity contribution is 0.660. The molecule has 1 aliphatic carbocycles. The Bertz CT molecular complexity index is 1900. The number of benzene rings is 5. The van der Waals surface area contributed by atoms with Gasteiger partial charge in [-0.3, -0.25) is 4.90 Å². The Labute approximate surface area is 222 Å². The van der Waals surface area contributed by atoms with Crippen molar-refractivity contribution in [2.75, 3.05) is 4.90 Å². The number of hydrogen-bond acceptors (Lipinski definition) is 3. The van der Waals surface area contributed by atoms with Crippen LogP contribution in [0.2, 0.25) is 0 Å². The van der Waals surface area contributed by atoms with Crippen LogP contribution >= 0.6 is 0 Å². The summed E-state index contributed by atoms with van der Waals surface area (Å²) in [4.78, 5) is 12.2. The molecule has 3 nitrogen and oxygen atoms in total. The molecular weight excluding hydrogens is 462 g/mol. The number of anilines is 3. The van der Waals surface area contributed by atoms with Gasteiger partial charge in [-0.2, -0.15) is 0 Å². The molecule has 0 atom stereocenters. The zero-order chi connectivity index (χ0) is 25.4. The fraction of sp³-hybridized carbons (Fsp3) is 0.0857. The monoisotopic (exact) mass is 487 g/mol. The van der Waals surface area contributed by atoms with Gasteiger partial charge in [0.2, 0.25) is 5.95 Å². The summed E-state index contributed by atoms with van der Waals surface area (Å²) in [6, 6.07) is 39.1. The number of nitrogens with zero attached hydrogens (tertiary/aromatic N) is 3. The fourth-order valence-corrected chi connectivity index (χ4v) is 6.44. The van der Waals surface area contributed by atoms with E-state index in [2.05, 4.69) is 104 Å². The molecule has 38 heavy (non-hydrogen) atoms. The summed E-state index contributed by atoms with van der Waals surface area (Å²) < 4.78 is 0. The van der Waals surface area contributed by atoms with E-state index in [1.807, 2.05) is 30.5 Å². The molecule has 0 spiro atoms. The topological polar surface area (TPSA) is 29.0 Å². The van der Waals surface area contributed by atoms with Crippen molar-refractivity contribution in [3.05, 3.63) is 127 Å². The molecule has 6 aromatic rings. The maximum absolute atomic E-state index is 5.11. The molecular formula is C35H25N3. The number of hydrogen-bond donors (Lipinski definition) is 0. The van der Waals surface area contributed by atoms with Crippen molar-refractivity contribution < 1.29 is 0 Å². The summed E-state index contributed by atoms with van der Waals surface area (Å²) in [5, 5.41) is 2.46. The number of rotatable bonds is 2. The van der Waals surface area contributed by atoms with Crippen LogP contribution in [0.5, 0.6) is 0 Å². The van der Waals surface area contributed by atoms with Crippen LogP contribution in [0, 0.1) is 0 Å². The molecule has 5 aromatic carbocycles. The third-order valence-electron chi connectivity index (χ3n) is 8.27. The second-order valence-corrected chi connectivity index (χ2v) is 10.7. The van der Waals surface area contributed by atoms with Crippen LogP contribution < -0.4 is 4.90 Å². The zero-order valence-corrected chi connectivity index (χ0v) is 21.3. The molecule has 0 fully saturated rings. The second-order valence-electron chi connectivity index (χ2n) is 10.7. The third-order valence-corrected chi connectivity index (χ3v) is 8.27. The maximum atomic E-state index is 5.11. The van der Waals surface area contributed by atoms with Gasteiger partial charge in [0.25, 0.3) is 0 Å². The molecule has 8 rings (SSSR count). The molecule has 1 aromatic heterocycles. The van der Waals surface area contributed by atoms with Crippen LogP contribution in [0.3, 0.4) is 0 Å². The quantitative estimate of drug-likeness (QED) is 0.244. The smallest absolute Gasteiger partial charge is 0.235 e. The van der Waals surface area contributed by atoms with E-state index in [0.717, 1.165) is 22.6 Å². The molecule has 2 aliphatic rings. The molecule has 0 saturated heterocycles. The van der Waals surface area contributed by atoms with Crippen LogP contribution in [0.15, 0.2) is 115 Å². The average Bonchev–Trinajstić information content (AvgIpc) is 3.19. The van der Waals surface area contributed by atoms with Gasteiger partial charge in [-0.05, 0) is 57.5 Å². The molecule has 0 bridgehead atoms. The van der Waals surface area contributed by atoms with Crippen molar-refractivity contribution >= 4 is 28.1 Å². The van der Waals surface area contributed by atoms with Gasteiger partial charge in [-0.15, -0.1) is 0 Å². The summed E-state index contributed by atoms with van der Waals surface area (Å²) in [5.74, 6) is 0.683. The van der Waals surface area contributed by atoms with E-state index in [1.165, 1.54) is 44.2 Å². The average molecular weight is 488 g/mol. The first-order chi connectivity index (χ1) is 18.6. The van der Waals surface area contributed by atoms with Gasteiger partial charge < -0.3 is 0 Å². The third kappa shape index (κ3) is 2.84. The highest BCUT2D eigenvalue weighted by Gasteiger charge is 2.38. The molecule has 1 aliphatic heterocycles. The van der Waals surface area contributed by atoms with Gasteiger partial charge in [-0.25, -0.2) is 9.97 Å². The molecule has 180 valence electrons. The van der Waals surface area contributed by atoms with E-state index in [4.69, 9.17) is 9.97 Å². The highest BCUT2D eigenvalue weighted by Crippen LogP contribution is 2.56. The Morgan fingerprint density at radius 2 is 1.37 bits per heavy atom. The Hall–Kier alpha value is -4.76. The predicted molar refractivity (Wildman–Crippen MR) is 156 cm³/mol. The van der Waals surface area contributed by atoms with Gasteiger partial charge >= 0.3 is 0 Å². The Kier molecular flexibility index (Phi) is 4.28. The van der Waals surface area contributed by atoms with E-state index >= 15 is 0 Å². The second kappa shape index (κ2) is 7.62. The van der Waals surface area contributed by atoms with Crippen LogP contribution in [0.25, 0.3) is 44.3 Å². The standard InChI is InChI=1S/C35H25N3/c1-35(2)28-16-7-6-14-24(28)26-20-27-25-15-8-12-23-13-9-17-31(33(23)25)38(32(27)21-29(26)35)34-36-19-18-30(37-34)22-10-4-3-5-11-22/h3-21H,1-2H3. The highest BCUT2D eigenvalue weighted by molar-refractivity contribution is 6.14. The predicted octanol–water partition coefficient (Wildman–Crippen LogP) is 9.05. The molecule has 0 N–H and O–H groups in total. The normalized spacial score (nSPS) is 14.2. The Balaban J connectivity index is 1.44. The highest BCUT2D eigenvalue weighted by atomic mass is 15.3. The lowest BCUT2D eigenvalue weighted by Crippen LogP contribution is -2.20. The minimum absolute atomic E-state index is 0.0949. The summed E-state index contributed by atoms with van der Waals surface area (Å²) in [6.07, 6.45) is 1.87. The van der Waals surface area contributed by atoms with Crippen LogP contribution in [0.4, 0.5) is 17.3 Å². The van der Waals surface area contributed by atoms with Gasteiger partial charge in [0.05, 0.1) is 17.1 Å². The van der Waals surface area contributed by atoms with E-state index in [1.54, 1.807) is 0 Å². The van der Waals surface area contributed by atoms with Gasteiger partial charge in [0, 0.05) is 28.1 Å². The van der Waals surface area contributed by atoms with Gasteiger partial charge in [0.15, 0.2) is 0 Å². The largest absolute Gasteiger partial charge is 0.278 e. The summed E-state index contributed by atoms with van der Waals surface area (Å²) in [5.41, 5.74) is 12.0. The van der Waals surface area contributed by atoms with E-state index < -0.39 is 0 Å². The van der Waals surface area contributed by atoms with Crippen LogP contribution in [-0.2, 0) is 5.41 Å². The molecule has 0 unspecified atom stereocenters. The first kappa shape index (κ1) is 21.3. The fourth-order valence-electron chi connectivity index (χ4n) is 6.44. The minimum atomic E-state index is -0.0949. The summed E-state index contributed by atoms with van der Waals surface area (Å²) in [6.45, 7) is 4.66. The van der Waals surface area contributed by atoms with Crippen molar-refractivity contribution in [3.8, 4) is 33.5 Å². The lowest BCUT2D eigenvalue weighted by atomic mass is 9.81. The van der Waals surface area contributed by atoms with E-state index in [9.17, 15) is 0 Å².